The lowest BCUT2D eigenvalue weighted by Gasteiger charge is -2.28. The van der Waals surface area contributed by atoms with E-state index >= 15 is 0 Å². The summed E-state index contributed by atoms with van der Waals surface area (Å²) in [6.45, 7) is 0.623. The van der Waals surface area contributed by atoms with E-state index in [1.54, 1.807) is 24.3 Å². The molecule has 0 spiro atoms. The first-order valence-electron chi connectivity index (χ1n) is 9.56. The maximum Gasteiger partial charge on any atom is 0.280 e. The number of nitrogens with one attached hydrogen (secondary N) is 1. The van der Waals surface area contributed by atoms with Crippen LogP contribution in [0.25, 0.3) is 22.3 Å². The minimum absolute atomic E-state index is 0. The van der Waals surface area contributed by atoms with Gasteiger partial charge in [0.15, 0.2) is 11.3 Å². The minimum atomic E-state index is -0.561. The maximum absolute atomic E-state index is 13.5. The Balaban J connectivity index is 0.00000171. The van der Waals surface area contributed by atoms with Crippen LogP contribution in [-0.2, 0) is 11.3 Å². The van der Waals surface area contributed by atoms with Crippen molar-refractivity contribution in [1.82, 2.24) is 19.9 Å². The number of Topliss-reactive ketones (excluding diaryl/α,β-unsaturated/α-hetero) is 1. The van der Waals surface area contributed by atoms with Crippen LogP contribution in [0.5, 0.6) is 0 Å². The molecule has 1 aliphatic heterocycles. The molecule has 1 aliphatic rings. The normalized spacial score (nSPS) is 18.1. The molecule has 0 saturated carbocycles. The molecular formula is C21H23Cl2FN4O3. The first kappa shape index (κ1) is 24.9. The summed E-state index contributed by atoms with van der Waals surface area (Å²) in [5, 5.41) is 13.1. The molecule has 2 N–H and O–H groups in total. The lowest BCUT2D eigenvalue weighted by atomic mass is 9.97. The van der Waals surface area contributed by atoms with Gasteiger partial charge >= 0.3 is 0 Å². The summed E-state index contributed by atoms with van der Waals surface area (Å²) in [6.07, 6.45) is 2.45. The van der Waals surface area contributed by atoms with Gasteiger partial charge in [0.1, 0.15) is 5.82 Å². The summed E-state index contributed by atoms with van der Waals surface area (Å²) in [6, 6.07) is 8.99. The number of halogens is 3. The Bertz CT molecular complexity index is 1130. The van der Waals surface area contributed by atoms with Gasteiger partial charge in [-0.15, -0.1) is 24.8 Å². The van der Waals surface area contributed by atoms with Crippen molar-refractivity contribution in [2.75, 3.05) is 6.54 Å². The topological polar surface area (TPSA) is 97.1 Å². The fraction of sp³-hybridized carbons (Fsp3) is 0.333. The van der Waals surface area contributed by atoms with Gasteiger partial charge in [-0.05, 0) is 43.7 Å². The summed E-state index contributed by atoms with van der Waals surface area (Å²) in [5.41, 5.74) is 1.10. The highest BCUT2D eigenvalue weighted by atomic mass is 35.5. The third-order valence-corrected chi connectivity index (χ3v) is 5.14. The Labute approximate surface area is 190 Å². The number of benzene rings is 1. The second-order valence-electron chi connectivity index (χ2n) is 7.27. The van der Waals surface area contributed by atoms with E-state index < -0.39 is 17.5 Å². The van der Waals surface area contributed by atoms with Gasteiger partial charge < -0.3 is 10.4 Å². The number of aliphatic hydroxyl groups excluding tert-OH is 1. The fourth-order valence-corrected chi connectivity index (χ4v) is 3.60. The van der Waals surface area contributed by atoms with Crippen molar-refractivity contribution in [3.63, 3.8) is 0 Å². The van der Waals surface area contributed by atoms with Gasteiger partial charge in [-0.1, -0.05) is 12.1 Å². The largest absolute Gasteiger partial charge is 0.391 e. The van der Waals surface area contributed by atoms with Crippen LogP contribution in [0.4, 0.5) is 4.39 Å². The van der Waals surface area contributed by atoms with Gasteiger partial charge in [-0.25, -0.2) is 14.4 Å². The van der Waals surface area contributed by atoms with E-state index in [-0.39, 0.29) is 55.1 Å². The van der Waals surface area contributed by atoms with E-state index in [9.17, 15) is 19.1 Å². The van der Waals surface area contributed by atoms with Crippen LogP contribution in [0, 0.1) is 5.82 Å². The lowest BCUT2D eigenvalue weighted by molar-refractivity contribution is -0.121. The van der Waals surface area contributed by atoms with E-state index in [1.165, 1.54) is 23.0 Å². The Kier molecular flexibility index (Phi) is 8.64. The molecule has 31 heavy (non-hydrogen) atoms. The average molecular weight is 469 g/mol. The zero-order valence-corrected chi connectivity index (χ0v) is 18.2. The van der Waals surface area contributed by atoms with E-state index in [0.29, 0.717) is 23.2 Å². The number of aliphatic hydroxyl groups is 1. The van der Waals surface area contributed by atoms with E-state index in [2.05, 4.69) is 15.3 Å². The maximum atomic E-state index is 13.5. The number of hydrogen-bond donors (Lipinski definition) is 2. The standard InChI is InChI=1S/C21H21FN4O3.2ClH/c22-14-4-1-3-13(9-14)16-6-7-17-20(25-16)21(29)26(12-24-17)11-15(27)10-18-19(28)5-2-8-23-18;;/h1,3-4,6-7,9,12,18-19,23,28H,2,5,8,10-11H2;2*1H/t18-,19+;;/m1../s1. The predicted molar refractivity (Wildman–Crippen MR) is 120 cm³/mol. The summed E-state index contributed by atoms with van der Waals surface area (Å²) in [5.74, 6) is -0.565. The molecule has 0 amide bonds. The van der Waals surface area contributed by atoms with Crippen LogP contribution in [0.15, 0.2) is 47.5 Å². The molecule has 2 aromatic heterocycles. The van der Waals surface area contributed by atoms with Crippen LogP contribution in [0.1, 0.15) is 19.3 Å². The molecule has 166 valence electrons. The van der Waals surface area contributed by atoms with Gasteiger partial charge in [0.05, 0.1) is 30.2 Å². The number of aromatic nitrogens is 3. The molecule has 7 nitrogen and oxygen atoms in total. The van der Waals surface area contributed by atoms with Crippen molar-refractivity contribution < 1.29 is 14.3 Å². The number of rotatable bonds is 5. The third kappa shape index (κ3) is 5.65. The molecule has 10 heteroatoms. The molecule has 0 radical (unpaired) electrons. The quantitative estimate of drug-likeness (QED) is 0.596. The van der Waals surface area contributed by atoms with Crippen LogP contribution in [-0.4, -0.2) is 44.1 Å². The summed E-state index contributed by atoms with van der Waals surface area (Å²) in [7, 11) is 0. The van der Waals surface area contributed by atoms with Crippen molar-refractivity contribution in [1.29, 1.82) is 0 Å². The Hall–Kier alpha value is -2.39. The number of carbonyl (C=O) groups is 1. The van der Waals surface area contributed by atoms with Crippen molar-refractivity contribution >= 4 is 41.6 Å². The zero-order chi connectivity index (χ0) is 20.4. The zero-order valence-electron chi connectivity index (χ0n) is 16.5. The van der Waals surface area contributed by atoms with Gasteiger partial charge in [-0.2, -0.15) is 0 Å². The highest BCUT2D eigenvalue weighted by molar-refractivity contribution is 5.85. The Morgan fingerprint density at radius 3 is 2.81 bits per heavy atom. The van der Waals surface area contributed by atoms with E-state index in [1.807, 2.05) is 0 Å². The Morgan fingerprint density at radius 1 is 1.26 bits per heavy atom. The number of ketones is 1. The van der Waals surface area contributed by atoms with E-state index in [0.717, 1.165) is 13.0 Å². The van der Waals surface area contributed by atoms with Gasteiger partial charge in [-0.3, -0.25) is 14.2 Å². The van der Waals surface area contributed by atoms with Gasteiger partial charge in [0.2, 0.25) is 0 Å². The molecule has 3 heterocycles. The van der Waals surface area contributed by atoms with Gasteiger partial charge in [0.25, 0.3) is 5.56 Å². The van der Waals surface area contributed by atoms with Crippen LogP contribution in [0.2, 0.25) is 0 Å². The number of pyridine rings is 1. The Morgan fingerprint density at radius 2 is 2.06 bits per heavy atom. The molecule has 4 rings (SSSR count). The van der Waals surface area contributed by atoms with Crippen LogP contribution < -0.4 is 10.9 Å². The van der Waals surface area contributed by atoms with E-state index in [4.69, 9.17) is 0 Å². The smallest absolute Gasteiger partial charge is 0.280 e. The summed E-state index contributed by atoms with van der Waals surface area (Å²) in [4.78, 5) is 33.9. The first-order valence-corrected chi connectivity index (χ1v) is 9.56. The number of hydrogen-bond acceptors (Lipinski definition) is 6. The predicted octanol–water partition coefficient (Wildman–Crippen LogP) is 2.51. The van der Waals surface area contributed by atoms with Crippen LogP contribution >= 0.6 is 24.8 Å². The summed E-state index contributed by atoms with van der Waals surface area (Å²) < 4.78 is 14.7. The number of fused-ring (bicyclic) bond motifs is 1. The van der Waals surface area contributed by atoms with Crippen molar-refractivity contribution in [2.24, 2.45) is 0 Å². The molecule has 3 aromatic rings. The number of piperidine rings is 1. The number of nitrogens with zero attached hydrogens (tertiary/aromatic N) is 3. The molecule has 1 fully saturated rings. The average Bonchev–Trinajstić information content (AvgIpc) is 2.72. The highest BCUT2D eigenvalue weighted by Gasteiger charge is 2.25. The molecule has 0 bridgehead atoms. The van der Waals surface area contributed by atoms with Crippen molar-refractivity contribution in [3.8, 4) is 11.3 Å². The fourth-order valence-electron chi connectivity index (χ4n) is 3.60. The SMILES string of the molecule is Cl.Cl.O=C(C[C@H]1NCCC[C@@H]1O)Cn1cnc2ccc(-c3cccc(F)c3)nc2c1=O. The van der Waals surface area contributed by atoms with Gasteiger partial charge in [0, 0.05) is 18.0 Å². The summed E-state index contributed by atoms with van der Waals surface area (Å²) >= 11 is 0. The minimum Gasteiger partial charge on any atom is -0.391 e. The second-order valence-corrected chi connectivity index (χ2v) is 7.27. The monoisotopic (exact) mass is 468 g/mol. The number of carbonyl (C=O) groups excluding carboxylic acids is 1. The third-order valence-electron chi connectivity index (χ3n) is 5.14. The molecule has 1 aromatic carbocycles. The molecular weight excluding hydrogens is 446 g/mol. The molecule has 1 saturated heterocycles. The van der Waals surface area contributed by atoms with Crippen molar-refractivity contribution in [3.05, 3.63) is 58.9 Å². The molecule has 0 aliphatic carbocycles. The van der Waals surface area contributed by atoms with Crippen LogP contribution in [0.3, 0.4) is 0 Å². The first-order chi connectivity index (χ1) is 14.0. The molecule has 0 unspecified atom stereocenters. The highest BCUT2D eigenvalue weighted by Crippen LogP contribution is 2.19. The molecule has 2 atom stereocenters. The lowest BCUT2D eigenvalue weighted by Crippen LogP contribution is -2.46. The second kappa shape index (κ2) is 10.8. The van der Waals surface area contributed by atoms with Crippen molar-refractivity contribution in [2.45, 2.75) is 38.0 Å².